The van der Waals surface area contributed by atoms with E-state index in [1.54, 1.807) is 18.2 Å². The second-order valence-electron chi connectivity index (χ2n) is 5.96. The number of carbonyl (C=O) groups is 1. The Morgan fingerprint density at radius 1 is 1.00 bits per heavy atom. The Bertz CT molecular complexity index is 1130. The van der Waals surface area contributed by atoms with Crippen LogP contribution in [0.4, 0.5) is 17.2 Å². The van der Waals surface area contributed by atoms with E-state index in [9.17, 15) is 23.3 Å². The average molecular weight is 412 g/mol. The minimum absolute atomic E-state index is 0.000140. The molecule has 3 aromatic rings. The molecule has 148 valence electrons. The molecule has 1 heterocycles. The molecule has 0 unspecified atom stereocenters. The summed E-state index contributed by atoms with van der Waals surface area (Å²) in [5.74, 6) is -0.268. The Labute approximate surface area is 166 Å². The van der Waals surface area contributed by atoms with Crippen LogP contribution in [-0.4, -0.2) is 24.2 Å². The monoisotopic (exact) mass is 412 g/mol. The Hall–Kier alpha value is -3.79. The summed E-state index contributed by atoms with van der Waals surface area (Å²) in [4.78, 5) is 26.6. The van der Waals surface area contributed by atoms with Crippen LogP contribution < -0.4 is 10.0 Å². The number of pyridine rings is 1. The van der Waals surface area contributed by atoms with Crippen molar-refractivity contribution in [1.29, 1.82) is 0 Å². The van der Waals surface area contributed by atoms with Gasteiger partial charge in [-0.2, -0.15) is 0 Å². The third kappa shape index (κ3) is 5.14. The average Bonchev–Trinajstić information content (AvgIpc) is 2.69. The summed E-state index contributed by atoms with van der Waals surface area (Å²) in [5, 5.41) is 13.6. The molecule has 3 rings (SSSR count). The summed E-state index contributed by atoms with van der Waals surface area (Å²) in [7, 11) is -3.82. The van der Waals surface area contributed by atoms with Gasteiger partial charge in [-0.25, -0.2) is 13.4 Å². The van der Waals surface area contributed by atoms with Crippen molar-refractivity contribution in [1.82, 2.24) is 4.98 Å². The fourth-order valence-electron chi connectivity index (χ4n) is 2.55. The quantitative estimate of drug-likeness (QED) is 0.453. The van der Waals surface area contributed by atoms with E-state index < -0.39 is 20.9 Å². The molecule has 0 aliphatic rings. The fraction of sp³-hybridized carbons (Fsp3) is 0.0526. The summed E-state index contributed by atoms with van der Waals surface area (Å²) >= 11 is 0. The minimum atomic E-state index is -3.82. The molecule has 0 saturated heterocycles. The zero-order valence-electron chi connectivity index (χ0n) is 15.0. The number of nitro benzene ring substituents is 1. The maximum absolute atomic E-state index is 12.4. The van der Waals surface area contributed by atoms with E-state index >= 15 is 0 Å². The van der Waals surface area contributed by atoms with E-state index in [-0.39, 0.29) is 28.4 Å². The molecule has 0 saturated carbocycles. The predicted octanol–water partition coefficient (Wildman–Crippen LogP) is 2.97. The van der Waals surface area contributed by atoms with Crippen LogP contribution in [0.5, 0.6) is 0 Å². The first-order chi connectivity index (χ1) is 13.8. The van der Waals surface area contributed by atoms with Crippen molar-refractivity contribution in [2.75, 3.05) is 10.0 Å². The number of amides is 1. The van der Waals surface area contributed by atoms with Crippen LogP contribution in [0.2, 0.25) is 0 Å². The Morgan fingerprint density at radius 3 is 2.34 bits per heavy atom. The highest BCUT2D eigenvalue weighted by Crippen LogP contribution is 2.20. The van der Waals surface area contributed by atoms with Crippen molar-refractivity contribution in [3.63, 3.8) is 0 Å². The van der Waals surface area contributed by atoms with Gasteiger partial charge in [-0.05, 0) is 36.4 Å². The van der Waals surface area contributed by atoms with Crippen LogP contribution >= 0.6 is 0 Å². The lowest BCUT2D eigenvalue weighted by Gasteiger charge is -2.09. The number of nitro groups is 1. The van der Waals surface area contributed by atoms with Gasteiger partial charge in [0.15, 0.2) is 0 Å². The number of sulfonamides is 1. The number of para-hydroxylation sites is 1. The highest BCUT2D eigenvalue weighted by Gasteiger charge is 2.17. The molecule has 0 spiro atoms. The number of aromatic nitrogens is 1. The number of hydrogen-bond donors (Lipinski definition) is 2. The number of rotatable bonds is 7. The van der Waals surface area contributed by atoms with Gasteiger partial charge in [0.2, 0.25) is 5.91 Å². The summed E-state index contributed by atoms with van der Waals surface area (Å²) in [5.41, 5.74) is 0.517. The lowest BCUT2D eigenvalue weighted by molar-refractivity contribution is -0.385. The zero-order chi connectivity index (χ0) is 20.9. The highest BCUT2D eigenvalue weighted by atomic mass is 32.2. The van der Waals surface area contributed by atoms with Gasteiger partial charge in [0.1, 0.15) is 5.82 Å². The standard InChI is InChI=1S/C19H16N4O5S/c24-19(13-14-5-1-2-6-17(14)23(25)26)21-15-8-10-16(11-9-15)29(27,28)22-18-7-3-4-12-20-18/h1-12H,13H2,(H,20,22)(H,21,24). The molecule has 2 N–H and O–H groups in total. The van der Waals surface area contributed by atoms with Crippen molar-refractivity contribution < 1.29 is 18.1 Å². The van der Waals surface area contributed by atoms with Crippen LogP contribution in [-0.2, 0) is 21.2 Å². The second kappa shape index (κ2) is 8.48. The molecule has 10 heteroatoms. The van der Waals surface area contributed by atoms with Crippen molar-refractivity contribution in [2.24, 2.45) is 0 Å². The van der Waals surface area contributed by atoms with Gasteiger partial charge < -0.3 is 5.32 Å². The van der Waals surface area contributed by atoms with Gasteiger partial charge in [-0.1, -0.05) is 24.3 Å². The van der Waals surface area contributed by atoms with Crippen LogP contribution in [0.25, 0.3) is 0 Å². The fourth-order valence-corrected chi connectivity index (χ4v) is 3.56. The first kappa shape index (κ1) is 20.0. The third-order valence-electron chi connectivity index (χ3n) is 3.89. The van der Waals surface area contributed by atoms with Crippen molar-refractivity contribution in [3.8, 4) is 0 Å². The van der Waals surface area contributed by atoms with E-state index in [0.717, 1.165) is 0 Å². The van der Waals surface area contributed by atoms with Crippen molar-refractivity contribution in [3.05, 3.63) is 88.6 Å². The number of hydrogen-bond acceptors (Lipinski definition) is 6. The van der Waals surface area contributed by atoms with Crippen molar-refractivity contribution >= 4 is 33.1 Å². The number of nitrogens with one attached hydrogen (secondary N) is 2. The molecule has 1 aromatic heterocycles. The number of nitrogens with zero attached hydrogens (tertiary/aromatic N) is 2. The lowest BCUT2D eigenvalue weighted by atomic mass is 10.1. The summed E-state index contributed by atoms with van der Waals surface area (Å²) in [6, 6.07) is 16.4. The first-order valence-electron chi connectivity index (χ1n) is 8.41. The van der Waals surface area contributed by atoms with Gasteiger partial charge in [-0.3, -0.25) is 19.6 Å². The van der Waals surface area contributed by atoms with Crippen molar-refractivity contribution in [2.45, 2.75) is 11.3 Å². The lowest BCUT2D eigenvalue weighted by Crippen LogP contribution is -2.16. The van der Waals surface area contributed by atoms with Gasteiger partial charge in [0.05, 0.1) is 16.2 Å². The number of anilines is 2. The first-order valence-corrected chi connectivity index (χ1v) is 9.89. The summed E-state index contributed by atoms with van der Waals surface area (Å²) in [6.45, 7) is 0. The second-order valence-corrected chi connectivity index (χ2v) is 7.64. The van der Waals surface area contributed by atoms with Gasteiger partial charge >= 0.3 is 0 Å². The largest absolute Gasteiger partial charge is 0.326 e. The Kier molecular flexibility index (Phi) is 5.84. The van der Waals surface area contributed by atoms with Gasteiger partial charge in [0.25, 0.3) is 15.7 Å². The van der Waals surface area contributed by atoms with Crippen LogP contribution in [0.3, 0.4) is 0 Å². The van der Waals surface area contributed by atoms with Crippen LogP contribution in [0.15, 0.2) is 77.8 Å². The summed E-state index contributed by atoms with van der Waals surface area (Å²) < 4.78 is 27.1. The van der Waals surface area contributed by atoms with Gasteiger partial charge in [0, 0.05) is 23.5 Å². The molecule has 0 bridgehead atoms. The molecule has 29 heavy (non-hydrogen) atoms. The molecule has 0 fully saturated rings. The van der Waals surface area contributed by atoms with Crippen LogP contribution in [0, 0.1) is 10.1 Å². The minimum Gasteiger partial charge on any atom is -0.326 e. The molecule has 0 aliphatic heterocycles. The number of carbonyl (C=O) groups excluding carboxylic acids is 1. The third-order valence-corrected chi connectivity index (χ3v) is 5.26. The van der Waals surface area contributed by atoms with E-state index in [2.05, 4.69) is 15.0 Å². The summed E-state index contributed by atoms with van der Waals surface area (Å²) in [6.07, 6.45) is 1.28. The smallest absolute Gasteiger partial charge is 0.273 e. The topological polar surface area (TPSA) is 131 Å². The molecule has 9 nitrogen and oxygen atoms in total. The van der Waals surface area contributed by atoms with E-state index in [1.807, 2.05) is 0 Å². The molecule has 1 amide bonds. The molecule has 0 radical (unpaired) electrons. The molecular formula is C19H16N4O5S. The SMILES string of the molecule is O=C(Cc1ccccc1[N+](=O)[O-])Nc1ccc(S(=O)(=O)Nc2ccccn2)cc1. The van der Waals surface area contributed by atoms with E-state index in [1.165, 1.54) is 54.7 Å². The highest BCUT2D eigenvalue weighted by molar-refractivity contribution is 7.92. The zero-order valence-corrected chi connectivity index (χ0v) is 15.8. The normalized spacial score (nSPS) is 10.9. The van der Waals surface area contributed by atoms with Crippen LogP contribution in [0.1, 0.15) is 5.56 Å². The Morgan fingerprint density at radius 2 is 1.69 bits per heavy atom. The molecular weight excluding hydrogens is 396 g/mol. The maximum Gasteiger partial charge on any atom is 0.273 e. The maximum atomic E-state index is 12.4. The molecule has 2 aromatic carbocycles. The van der Waals surface area contributed by atoms with Gasteiger partial charge in [-0.15, -0.1) is 0 Å². The van der Waals surface area contributed by atoms with E-state index in [4.69, 9.17) is 0 Å². The Balaban J connectivity index is 1.68. The van der Waals surface area contributed by atoms with E-state index in [0.29, 0.717) is 5.69 Å². The predicted molar refractivity (Wildman–Crippen MR) is 107 cm³/mol. The molecule has 0 atom stereocenters. The molecule has 0 aliphatic carbocycles. The number of benzene rings is 2.